The van der Waals surface area contributed by atoms with Gasteiger partial charge in [-0.1, -0.05) is 23.9 Å². The van der Waals surface area contributed by atoms with Crippen LogP contribution in [0.2, 0.25) is 0 Å². The van der Waals surface area contributed by atoms with Gasteiger partial charge < -0.3 is 19.5 Å². The number of carbonyl (C=O) groups is 1. The van der Waals surface area contributed by atoms with E-state index in [9.17, 15) is 9.59 Å². The van der Waals surface area contributed by atoms with E-state index in [0.717, 1.165) is 0 Å². The molecule has 0 saturated carbocycles. The van der Waals surface area contributed by atoms with Gasteiger partial charge in [-0.3, -0.25) is 18.6 Å². The zero-order chi connectivity index (χ0) is 22.8. The number of carbonyl (C=O) groups excluding carboxylic acids is 1. The van der Waals surface area contributed by atoms with Crippen LogP contribution in [0.1, 0.15) is 0 Å². The molecule has 4 aromatic rings. The highest BCUT2D eigenvalue weighted by Gasteiger charge is 2.16. The van der Waals surface area contributed by atoms with Gasteiger partial charge in [0.05, 0.1) is 18.6 Å². The quantitative estimate of drug-likeness (QED) is 0.433. The molecule has 10 nitrogen and oxygen atoms in total. The van der Waals surface area contributed by atoms with Crippen LogP contribution in [0.4, 0.5) is 5.69 Å². The molecular weight excluding hydrogens is 446 g/mol. The number of fused-ring (bicyclic) bond motifs is 2. The van der Waals surface area contributed by atoms with E-state index >= 15 is 0 Å². The highest BCUT2D eigenvalue weighted by atomic mass is 32.2. The maximum Gasteiger partial charge on any atom is 0.300 e. The second-order valence-corrected chi connectivity index (χ2v) is 7.96. The maximum atomic E-state index is 13.0. The van der Waals surface area contributed by atoms with Gasteiger partial charge >= 0.3 is 5.56 Å². The third-order valence-corrected chi connectivity index (χ3v) is 5.89. The molecule has 2 aromatic carbocycles. The van der Waals surface area contributed by atoms with E-state index in [1.54, 1.807) is 54.2 Å². The van der Waals surface area contributed by atoms with Gasteiger partial charge in [-0.2, -0.15) is 0 Å². The molecule has 3 heterocycles. The summed E-state index contributed by atoms with van der Waals surface area (Å²) in [5, 5.41) is 11.4. The van der Waals surface area contributed by atoms with E-state index in [-0.39, 0.29) is 22.9 Å². The van der Waals surface area contributed by atoms with Crippen molar-refractivity contribution in [3.8, 4) is 22.9 Å². The number of nitrogens with zero attached hydrogens (tertiary/aromatic N) is 4. The van der Waals surface area contributed by atoms with Gasteiger partial charge in [-0.05, 0) is 24.3 Å². The smallest absolute Gasteiger partial charge is 0.300 e. The van der Waals surface area contributed by atoms with Gasteiger partial charge in [0.1, 0.15) is 19.0 Å². The van der Waals surface area contributed by atoms with Crippen molar-refractivity contribution in [2.75, 3.05) is 31.4 Å². The van der Waals surface area contributed by atoms with Gasteiger partial charge in [-0.15, -0.1) is 10.2 Å². The standard InChI is InChI=1S/C22H19N5O5S/c1-30-16-5-3-2-4-15(16)26-8-9-27-20(21(26)29)24-25-22(27)33-13-19(28)23-14-6-7-17-18(12-14)32-11-10-31-17/h2-9,12H,10-11,13H2,1H3,(H,23,28). The Morgan fingerprint density at radius 1 is 1.12 bits per heavy atom. The zero-order valence-electron chi connectivity index (χ0n) is 17.6. The van der Waals surface area contributed by atoms with Gasteiger partial charge in [0.15, 0.2) is 16.7 Å². The minimum absolute atomic E-state index is 0.0881. The molecule has 0 aliphatic carbocycles. The lowest BCUT2D eigenvalue weighted by Crippen LogP contribution is -2.20. The summed E-state index contributed by atoms with van der Waals surface area (Å²) in [4.78, 5) is 25.4. The van der Waals surface area contributed by atoms with Crippen LogP contribution in [0.5, 0.6) is 17.2 Å². The topological polar surface area (TPSA) is 109 Å². The van der Waals surface area contributed by atoms with Crippen molar-refractivity contribution in [3.63, 3.8) is 0 Å². The summed E-state index contributed by atoms with van der Waals surface area (Å²) in [6, 6.07) is 12.4. The van der Waals surface area contributed by atoms with E-state index in [1.807, 2.05) is 12.1 Å². The van der Waals surface area contributed by atoms with E-state index in [2.05, 4.69) is 15.5 Å². The number of hydrogen-bond acceptors (Lipinski definition) is 8. The fraction of sp³-hybridized carbons (Fsp3) is 0.182. The Labute approximate surface area is 192 Å². The average Bonchev–Trinajstić information content (AvgIpc) is 3.27. The fourth-order valence-electron chi connectivity index (χ4n) is 3.43. The summed E-state index contributed by atoms with van der Waals surface area (Å²) in [5.41, 5.74) is 1.01. The van der Waals surface area contributed by atoms with Crippen LogP contribution in [0.25, 0.3) is 11.3 Å². The predicted octanol–water partition coefficient (Wildman–Crippen LogP) is 2.39. The first-order chi connectivity index (χ1) is 16.1. The van der Waals surface area contributed by atoms with E-state index < -0.39 is 0 Å². The number of amides is 1. The van der Waals surface area contributed by atoms with Crippen molar-refractivity contribution in [2.24, 2.45) is 0 Å². The van der Waals surface area contributed by atoms with Gasteiger partial charge in [-0.25, -0.2) is 0 Å². The van der Waals surface area contributed by atoms with Crippen molar-refractivity contribution in [2.45, 2.75) is 5.16 Å². The lowest BCUT2D eigenvalue weighted by molar-refractivity contribution is -0.113. The number of nitrogens with one attached hydrogen (secondary N) is 1. The summed E-state index contributed by atoms with van der Waals surface area (Å²) in [6.07, 6.45) is 3.31. The molecule has 1 N–H and O–H groups in total. The summed E-state index contributed by atoms with van der Waals surface area (Å²) in [5.74, 6) is 1.68. The molecule has 11 heteroatoms. The van der Waals surface area contributed by atoms with Crippen LogP contribution in [0, 0.1) is 0 Å². The highest BCUT2D eigenvalue weighted by molar-refractivity contribution is 7.99. The molecular formula is C22H19N5O5S. The molecule has 0 spiro atoms. The Bertz CT molecular complexity index is 1400. The SMILES string of the molecule is COc1ccccc1-n1ccn2c(SCC(=O)Nc3ccc4c(c3)OCCO4)nnc2c1=O. The minimum Gasteiger partial charge on any atom is -0.495 e. The molecule has 0 fully saturated rings. The Balaban J connectivity index is 1.31. The molecule has 0 saturated heterocycles. The lowest BCUT2D eigenvalue weighted by atomic mass is 10.2. The number of ether oxygens (including phenoxy) is 3. The third kappa shape index (κ3) is 4.10. The Hall–Kier alpha value is -3.99. The number of rotatable bonds is 6. The summed E-state index contributed by atoms with van der Waals surface area (Å²) in [6.45, 7) is 0.977. The first-order valence-electron chi connectivity index (χ1n) is 10.1. The molecule has 2 aromatic heterocycles. The monoisotopic (exact) mass is 465 g/mol. The van der Waals surface area contributed by atoms with Gasteiger partial charge in [0.25, 0.3) is 0 Å². The lowest BCUT2D eigenvalue weighted by Gasteiger charge is -2.18. The van der Waals surface area contributed by atoms with Crippen LogP contribution in [0.15, 0.2) is 64.8 Å². The molecule has 168 valence electrons. The van der Waals surface area contributed by atoms with Gasteiger partial charge in [0.2, 0.25) is 11.6 Å². The van der Waals surface area contributed by atoms with E-state index in [1.165, 1.54) is 16.3 Å². The number of methoxy groups -OCH3 is 1. The molecule has 1 aliphatic rings. The second-order valence-electron chi connectivity index (χ2n) is 7.02. The summed E-state index contributed by atoms with van der Waals surface area (Å²) in [7, 11) is 1.55. The fourth-order valence-corrected chi connectivity index (χ4v) is 4.15. The average molecular weight is 465 g/mol. The molecule has 1 aliphatic heterocycles. The molecule has 0 radical (unpaired) electrons. The van der Waals surface area contributed by atoms with Crippen molar-refractivity contribution in [1.82, 2.24) is 19.2 Å². The zero-order valence-corrected chi connectivity index (χ0v) is 18.4. The van der Waals surface area contributed by atoms with Crippen molar-refractivity contribution >= 4 is 29.0 Å². The predicted molar refractivity (Wildman–Crippen MR) is 122 cm³/mol. The molecule has 0 atom stereocenters. The highest BCUT2D eigenvalue weighted by Crippen LogP contribution is 2.32. The molecule has 1 amide bonds. The largest absolute Gasteiger partial charge is 0.495 e. The number of thioether (sulfide) groups is 1. The Morgan fingerprint density at radius 2 is 1.94 bits per heavy atom. The second kappa shape index (κ2) is 8.87. The number of benzene rings is 2. The van der Waals surface area contributed by atoms with Crippen LogP contribution >= 0.6 is 11.8 Å². The number of anilines is 1. The molecule has 0 unspecified atom stereocenters. The van der Waals surface area contributed by atoms with E-state index in [4.69, 9.17) is 14.2 Å². The van der Waals surface area contributed by atoms with Crippen LogP contribution in [0.3, 0.4) is 0 Å². The third-order valence-electron chi connectivity index (χ3n) is 4.94. The Kier molecular flexibility index (Phi) is 5.61. The molecule has 5 rings (SSSR count). The van der Waals surface area contributed by atoms with Gasteiger partial charge in [0, 0.05) is 24.1 Å². The Morgan fingerprint density at radius 3 is 2.79 bits per heavy atom. The minimum atomic E-state index is -0.345. The summed E-state index contributed by atoms with van der Waals surface area (Å²) < 4.78 is 19.4. The maximum absolute atomic E-state index is 13.0. The van der Waals surface area contributed by atoms with Crippen molar-refractivity contribution in [1.29, 1.82) is 0 Å². The summed E-state index contributed by atoms with van der Waals surface area (Å²) >= 11 is 1.18. The molecule has 0 bridgehead atoms. The number of aromatic nitrogens is 4. The number of para-hydroxylation sites is 2. The normalized spacial score (nSPS) is 12.5. The van der Waals surface area contributed by atoms with Crippen LogP contribution < -0.4 is 25.1 Å². The van der Waals surface area contributed by atoms with Crippen molar-refractivity contribution < 1.29 is 19.0 Å². The molecule has 33 heavy (non-hydrogen) atoms. The first-order valence-corrected chi connectivity index (χ1v) is 11.0. The number of hydrogen-bond donors (Lipinski definition) is 1. The van der Waals surface area contributed by atoms with Crippen LogP contribution in [-0.4, -0.2) is 51.1 Å². The van der Waals surface area contributed by atoms with Crippen LogP contribution in [-0.2, 0) is 4.79 Å². The van der Waals surface area contributed by atoms with Crippen molar-refractivity contribution in [3.05, 3.63) is 65.2 Å². The first kappa shape index (κ1) is 20.9. The van der Waals surface area contributed by atoms with E-state index in [0.29, 0.717) is 47.0 Å².